The Hall–Kier alpha value is -3.41. The molecule has 0 spiro atoms. The number of aryl methyl sites for hydroxylation is 1. The number of hydrogen-bond acceptors (Lipinski definition) is 4. The van der Waals surface area contributed by atoms with Crippen LogP contribution in [-0.2, 0) is 23.1 Å². The van der Waals surface area contributed by atoms with E-state index >= 15 is 0 Å². The fraction of sp³-hybridized carbons (Fsp3) is 0.261. The average molecular weight is 389 g/mol. The van der Waals surface area contributed by atoms with Crippen LogP contribution in [0.2, 0.25) is 0 Å². The van der Waals surface area contributed by atoms with Crippen LogP contribution in [0.3, 0.4) is 0 Å². The molecule has 1 aromatic heterocycles. The molecule has 0 unspecified atom stereocenters. The van der Waals surface area contributed by atoms with Crippen LogP contribution in [0, 0.1) is 5.92 Å². The second-order valence-corrected chi connectivity index (χ2v) is 7.43. The number of benzene rings is 2. The molecule has 0 aliphatic carbocycles. The largest absolute Gasteiger partial charge is 0.426 e. The van der Waals surface area contributed by atoms with Gasteiger partial charge in [0.2, 0.25) is 5.91 Å². The van der Waals surface area contributed by atoms with E-state index in [1.807, 2.05) is 43.6 Å². The van der Waals surface area contributed by atoms with Crippen LogP contribution >= 0.6 is 0 Å². The molecule has 6 nitrogen and oxygen atoms in total. The molecule has 29 heavy (non-hydrogen) atoms. The second-order valence-electron chi connectivity index (χ2n) is 7.43. The van der Waals surface area contributed by atoms with Crippen molar-refractivity contribution >= 4 is 11.9 Å². The summed E-state index contributed by atoms with van der Waals surface area (Å²) in [5.74, 6) is -0.497. The van der Waals surface area contributed by atoms with Crippen molar-refractivity contribution in [2.45, 2.75) is 25.3 Å². The first-order chi connectivity index (χ1) is 14.1. The van der Waals surface area contributed by atoms with E-state index in [0.717, 1.165) is 17.5 Å². The molecule has 0 saturated carbocycles. The summed E-state index contributed by atoms with van der Waals surface area (Å²) >= 11 is 0. The molecule has 148 valence electrons. The lowest BCUT2D eigenvalue weighted by Crippen LogP contribution is -2.40. The van der Waals surface area contributed by atoms with Crippen LogP contribution in [0.4, 0.5) is 0 Å². The third-order valence-electron chi connectivity index (χ3n) is 5.14. The standard InChI is InChI=1S/C23H23N3O3/c1-26-15-19(14-24-26)21-12-18(13-22(27)25-21)23(28)29-20-9-7-17(8-10-20)11-16-5-3-2-4-6-16/h2-10,14-15,18,21H,11-13H2,1H3,(H,25,27)/t18-,21-/m0/s1. The highest BCUT2D eigenvalue weighted by Crippen LogP contribution is 2.29. The van der Waals surface area contributed by atoms with Crippen molar-refractivity contribution in [1.29, 1.82) is 0 Å². The zero-order chi connectivity index (χ0) is 20.2. The lowest BCUT2D eigenvalue weighted by atomic mass is 9.89. The lowest BCUT2D eigenvalue weighted by Gasteiger charge is -2.28. The minimum atomic E-state index is -0.474. The van der Waals surface area contributed by atoms with Crippen LogP contribution in [0.1, 0.15) is 35.6 Å². The highest BCUT2D eigenvalue weighted by molar-refractivity contribution is 5.85. The van der Waals surface area contributed by atoms with Crippen molar-refractivity contribution in [1.82, 2.24) is 15.1 Å². The molecular weight excluding hydrogens is 366 g/mol. The van der Waals surface area contributed by atoms with E-state index < -0.39 is 5.92 Å². The molecule has 3 aromatic rings. The van der Waals surface area contributed by atoms with Gasteiger partial charge in [0.15, 0.2) is 0 Å². The first kappa shape index (κ1) is 18.9. The number of carbonyl (C=O) groups is 2. The van der Waals surface area contributed by atoms with Gasteiger partial charge in [-0.3, -0.25) is 14.3 Å². The first-order valence-electron chi connectivity index (χ1n) is 9.69. The molecule has 2 atom stereocenters. The summed E-state index contributed by atoms with van der Waals surface area (Å²) in [6.45, 7) is 0. The lowest BCUT2D eigenvalue weighted by molar-refractivity contribution is -0.143. The molecule has 1 amide bonds. The van der Waals surface area contributed by atoms with Gasteiger partial charge in [-0.15, -0.1) is 0 Å². The van der Waals surface area contributed by atoms with E-state index in [4.69, 9.17) is 4.74 Å². The van der Waals surface area contributed by atoms with Crippen LogP contribution in [0.15, 0.2) is 67.0 Å². The minimum Gasteiger partial charge on any atom is -0.426 e. The number of amides is 1. The van der Waals surface area contributed by atoms with Crippen molar-refractivity contribution in [2.75, 3.05) is 0 Å². The zero-order valence-corrected chi connectivity index (χ0v) is 16.2. The molecule has 0 bridgehead atoms. The number of nitrogens with zero attached hydrogens (tertiary/aromatic N) is 2. The number of rotatable bonds is 5. The topological polar surface area (TPSA) is 73.2 Å². The number of aromatic nitrogens is 2. The summed E-state index contributed by atoms with van der Waals surface area (Å²) in [5.41, 5.74) is 3.26. The summed E-state index contributed by atoms with van der Waals surface area (Å²) in [6, 6.07) is 17.5. The van der Waals surface area contributed by atoms with Crippen LogP contribution in [0.5, 0.6) is 5.75 Å². The summed E-state index contributed by atoms with van der Waals surface area (Å²) in [5, 5.41) is 7.07. The van der Waals surface area contributed by atoms with E-state index in [9.17, 15) is 9.59 Å². The minimum absolute atomic E-state index is 0.141. The Morgan fingerprint density at radius 1 is 1.14 bits per heavy atom. The number of nitrogens with one attached hydrogen (secondary N) is 1. The Morgan fingerprint density at radius 3 is 2.55 bits per heavy atom. The molecule has 1 aliphatic rings. The van der Waals surface area contributed by atoms with Gasteiger partial charge in [-0.2, -0.15) is 5.10 Å². The fourth-order valence-electron chi connectivity index (χ4n) is 3.63. The molecule has 2 aromatic carbocycles. The molecule has 1 N–H and O–H groups in total. The number of carbonyl (C=O) groups excluding carboxylic acids is 2. The van der Waals surface area contributed by atoms with Gasteiger partial charge in [-0.25, -0.2) is 0 Å². The monoisotopic (exact) mass is 389 g/mol. The summed E-state index contributed by atoms with van der Waals surface area (Å²) in [4.78, 5) is 24.7. The van der Waals surface area contributed by atoms with Gasteiger partial charge in [-0.1, -0.05) is 42.5 Å². The van der Waals surface area contributed by atoms with E-state index in [0.29, 0.717) is 12.2 Å². The van der Waals surface area contributed by atoms with Crippen LogP contribution < -0.4 is 10.1 Å². The number of esters is 1. The summed E-state index contributed by atoms with van der Waals surface area (Å²) in [7, 11) is 1.82. The normalized spacial score (nSPS) is 18.9. The van der Waals surface area contributed by atoms with Crippen LogP contribution in [0.25, 0.3) is 0 Å². The Labute approximate surface area is 169 Å². The van der Waals surface area contributed by atoms with Gasteiger partial charge >= 0.3 is 5.97 Å². The van der Waals surface area contributed by atoms with E-state index in [2.05, 4.69) is 22.5 Å². The molecule has 6 heteroatoms. The first-order valence-corrected chi connectivity index (χ1v) is 9.69. The van der Waals surface area contributed by atoms with Gasteiger partial charge in [0.05, 0.1) is 18.2 Å². The van der Waals surface area contributed by atoms with Crippen molar-refractivity contribution in [3.05, 3.63) is 83.7 Å². The number of hydrogen-bond donors (Lipinski definition) is 1. The molecule has 1 aliphatic heterocycles. The van der Waals surface area contributed by atoms with Crippen molar-refractivity contribution in [3.8, 4) is 5.75 Å². The van der Waals surface area contributed by atoms with Gasteiger partial charge in [0, 0.05) is 25.2 Å². The van der Waals surface area contributed by atoms with Gasteiger partial charge in [0.1, 0.15) is 5.75 Å². The van der Waals surface area contributed by atoms with E-state index in [-0.39, 0.29) is 24.3 Å². The van der Waals surface area contributed by atoms with Crippen LogP contribution in [-0.4, -0.2) is 21.7 Å². The van der Waals surface area contributed by atoms with E-state index in [1.165, 1.54) is 5.56 Å². The predicted octanol–water partition coefficient (Wildman–Crippen LogP) is 3.18. The molecule has 2 heterocycles. The van der Waals surface area contributed by atoms with Crippen molar-refractivity contribution in [3.63, 3.8) is 0 Å². The Balaban J connectivity index is 1.38. The zero-order valence-electron chi connectivity index (χ0n) is 16.2. The molecule has 1 fully saturated rings. The Morgan fingerprint density at radius 2 is 1.86 bits per heavy atom. The van der Waals surface area contributed by atoms with Gasteiger partial charge in [0.25, 0.3) is 0 Å². The molecule has 1 saturated heterocycles. The highest BCUT2D eigenvalue weighted by Gasteiger charge is 2.33. The number of ether oxygens (including phenoxy) is 1. The maximum atomic E-state index is 12.6. The van der Waals surface area contributed by atoms with Gasteiger partial charge in [-0.05, 0) is 36.1 Å². The molecule has 4 rings (SSSR count). The quantitative estimate of drug-likeness (QED) is 0.537. The third kappa shape index (κ3) is 4.71. The SMILES string of the molecule is Cn1cc([C@@H]2C[C@H](C(=O)Oc3ccc(Cc4ccccc4)cc3)CC(=O)N2)cn1. The number of piperidine rings is 1. The summed E-state index contributed by atoms with van der Waals surface area (Å²) < 4.78 is 7.24. The van der Waals surface area contributed by atoms with E-state index in [1.54, 1.807) is 23.0 Å². The van der Waals surface area contributed by atoms with Crippen molar-refractivity contribution in [2.24, 2.45) is 13.0 Å². The maximum absolute atomic E-state index is 12.6. The second kappa shape index (κ2) is 8.31. The third-order valence-corrected chi connectivity index (χ3v) is 5.14. The summed E-state index contributed by atoms with van der Waals surface area (Å²) in [6.07, 6.45) is 5.03. The average Bonchev–Trinajstić information content (AvgIpc) is 3.16. The maximum Gasteiger partial charge on any atom is 0.314 e. The fourth-order valence-corrected chi connectivity index (χ4v) is 3.63. The molecule has 0 radical (unpaired) electrons. The van der Waals surface area contributed by atoms with Gasteiger partial charge < -0.3 is 10.1 Å². The smallest absolute Gasteiger partial charge is 0.314 e. The Kier molecular flexibility index (Phi) is 5.42. The predicted molar refractivity (Wildman–Crippen MR) is 108 cm³/mol. The molecular formula is C23H23N3O3. The highest BCUT2D eigenvalue weighted by atomic mass is 16.5. The van der Waals surface area contributed by atoms with Crippen molar-refractivity contribution < 1.29 is 14.3 Å². The Bertz CT molecular complexity index is 996.